The number of likely N-dealkylation sites (N-methyl/N-ethyl adjacent to an activating group) is 1. The van der Waals surface area contributed by atoms with Gasteiger partial charge in [-0.2, -0.15) is 0 Å². The maximum atomic E-state index is 13.5. The van der Waals surface area contributed by atoms with Crippen LogP contribution in [0.1, 0.15) is 12.0 Å². The van der Waals surface area contributed by atoms with E-state index in [-0.39, 0.29) is 18.7 Å². The zero-order chi connectivity index (χ0) is 15.3. The van der Waals surface area contributed by atoms with Crippen LogP contribution >= 0.6 is 0 Å². The Bertz CT molecular complexity index is 575. The van der Waals surface area contributed by atoms with E-state index in [1.807, 2.05) is 0 Å². The van der Waals surface area contributed by atoms with Crippen LogP contribution in [-0.2, 0) is 21.2 Å². The molecule has 1 atom stereocenters. The fraction of sp³-hybridized carbons (Fsp3) is 0.462. The van der Waals surface area contributed by atoms with E-state index in [0.717, 1.165) is 6.26 Å². The number of carbonyl (C=O) groups excluding carboxylic acids is 1. The maximum absolute atomic E-state index is 13.5. The van der Waals surface area contributed by atoms with Crippen molar-refractivity contribution in [1.29, 1.82) is 0 Å². The number of benzene rings is 1. The van der Waals surface area contributed by atoms with Gasteiger partial charge in [0, 0.05) is 25.4 Å². The lowest BCUT2D eigenvalue weighted by molar-refractivity contribution is -0.131. The minimum atomic E-state index is -3.15. The third kappa shape index (κ3) is 5.26. The molecule has 20 heavy (non-hydrogen) atoms. The van der Waals surface area contributed by atoms with Crippen LogP contribution in [0.3, 0.4) is 0 Å². The lowest BCUT2D eigenvalue weighted by Crippen LogP contribution is -2.42. The summed E-state index contributed by atoms with van der Waals surface area (Å²) >= 11 is 0. The summed E-state index contributed by atoms with van der Waals surface area (Å²) < 4.78 is 35.5. The zero-order valence-electron chi connectivity index (χ0n) is 11.5. The molecule has 1 rings (SSSR count). The van der Waals surface area contributed by atoms with E-state index in [9.17, 15) is 17.6 Å². The lowest BCUT2D eigenvalue weighted by Gasteiger charge is -2.21. The fourth-order valence-electron chi connectivity index (χ4n) is 1.71. The molecule has 5 nitrogen and oxygen atoms in total. The maximum Gasteiger partial charge on any atom is 0.239 e. The van der Waals surface area contributed by atoms with Crippen molar-refractivity contribution in [3.8, 4) is 0 Å². The molecule has 0 aliphatic rings. The van der Waals surface area contributed by atoms with Crippen molar-refractivity contribution in [2.24, 2.45) is 5.73 Å². The standard InChI is InChI=1S/C13H19FN2O3S/c1-16(9-10-5-3-4-6-11(10)14)13(17)12(15)7-8-20(2,18)19/h3-6,12H,7-9,15H2,1-2H3. The van der Waals surface area contributed by atoms with Gasteiger partial charge in [0.25, 0.3) is 0 Å². The lowest BCUT2D eigenvalue weighted by atomic mass is 10.1. The third-order valence-electron chi connectivity index (χ3n) is 2.86. The van der Waals surface area contributed by atoms with Crippen LogP contribution in [0.4, 0.5) is 4.39 Å². The Morgan fingerprint density at radius 2 is 2.00 bits per heavy atom. The van der Waals surface area contributed by atoms with Crippen molar-refractivity contribution in [1.82, 2.24) is 4.90 Å². The largest absolute Gasteiger partial charge is 0.340 e. The Morgan fingerprint density at radius 1 is 1.40 bits per heavy atom. The van der Waals surface area contributed by atoms with E-state index in [4.69, 9.17) is 5.73 Å². The first-order valence-electron chi connectivity index (χ1n) is 6.12. The van der Waals surface area contributed by atoms with Gasteiger partial charge >= 0.3 is 0 Å². The average molecular weight is 302 g/mol. The molecule has 0 saturated carbocycles. The SMILES string of the molecule is CN(Cc1ccccc1F)C(=O)C(N)CCS(C)(=O)=O. The second-order valence-electron chi connectivity index (χ2n) is 4.81. The van der Waals surface area contributed by atoms with Gasteiger partial charge in [-0.3, -0.25) is 4.79 Å². The minimum absolute atomic E-state index is 0.0548. The van der Waals surface area contributed by atoms with Gasteiger partial charge in [0.1, 0.15) is 15.7 Å². The highest BCUT2D eigenvalue weighted by atomic mass is 32.2. The zero-order valence-corrected chi connectivity index (χ0v) is 12.4. The first-order chi connectivity index (χ1) is 9.20. The van der Waals surface area contributed by atoms with Gasteiger partial charge in [0.2, 0.25) is 5.91 Å². The number of carbonyl (C=O) groups is 1. The molecule has 7 heteroatoms. The number of nitrogens with two attached hydrogens (primary N) is 1. The normalized spacial score (nSPS) is 13.0. The molecule has 1 aromatic rings. The van der Waals surface area contributed by atoms with Gasteiger partial charge in [0.05, 0.1) is 11.8 Å². The molecule has 2 N–H and O–H groups in total. The predicted molar refractivity (Wildman–Crippen MR) is 75.2 cm³/mol. The van der Waals surface area contributed by atoms with Crippen LogP contribution in [0, 0.1) is 5.82 Å². The van der Waals surface area contributed by atoms with Gasteiger partial charge in [-0.25, -0.2) is 12.8 Å². The summed E-state index contributed by atoms with van der Waals surface area (Å²) in [5, 5.41) is 0. The summed E-state index contributed by atoms with van der Waals surface area (Å²) in [5.41, 5.74) is 6.06. The molecule has 112 valence electrons. The van der Waals surface area contributed by atoms with Crippen LogP contribution in [0.5, 0.6) is 0 Å². The Balaban J connectivity index is 2.61. The molecule has 1 amide bonds. The fourth-order valence-corrected chi connectivity index (χ4v) is 2.39. The van der Waals surface area contributed by atoms with Gasteiger partial charge in [0.15, 0.2) is 0 Å². The Hall–Kier alpha value is -1.47. The van der Waals surface area contributed by atoms with E-state index in [0.29, 0.717) is 5.56 Å². The van der Waals surface area contributed by atoms with Crippen molar-refractivity contribution in [3.63, 3.8) is 0 Å². The molecule has 1 unspecified atom stereocenters. The molecule has 0 radical (unpaired) electrons. The number of halogens is 1. The van der Waals surface area contributed by atoms with Crippen LogP contribution in [0.15, 0.2) is 24.3 Å². The van der Waals surface area contributed by atoms with E-state index in [1.165, 1.54) is 18.0 Å². The molecule has 0 heterocycles. The van der Waals surface area contributed by atoms with Gasteiger partial charge in [-0.05, 0) is 12.5 Å². The summed E-state index contributed by atoms with van der Waals surface area (Å²) in [6, 6.07) is 5.25. The molecule has 1 aromatic carbocycles. The monoisotopic (exact) mass is 302 g/mol. The number of nitrogens with zero attached hydrogens (tertiary/aromatic N) is 1. The van der Waals surface area contributed by atoms with Crippen LogP contribution in [0.25, 0.3) is 0 Å². The molecule has 0 aliphatic heterocycles. The molecular weight excluding hydrogens is 283 g/mol. The Kier molecular flexibility index (Phi) is 5.64. The molecule has 0 saturated heterocycles. The number of rotatable bonds is 6. The van der Waals surface area contributed by atoms with Crippen molar-refractivity contribution in [2.75, 3.05) is 19.1 Å². The number of sulfone groups is 1. The molecule has 0 aliphatic carbocycles. The van der Waals surface area contributed by atoms with Crippen LogP contribution in [-0.4, -0.2) is 44.3 Å². The second-order valence-corrected chi connectivity index (χ2v) is 7.07. The summed E-state index contributed by atoms with van der Waals surface area (Å²) in [6.07, 6.45) is 1.15. The van der Waals surface area contributed by atoms with Gasteiger partial charge < -0.3 is 10.6 Å². The summed E-state index contributed by atoms with van der Waals surface area (Å²) in [7, 11) is -1.65. The highest BCUT2D eigenvalue weighted by Crippen LogP contribution is 2.10. The summed E-state index contributed by atoms with van der Waals surface area (Å²) in [4.78, 5) is 13.3. The topological polar surface area (TPSA) is 80.5 Å². The molecule has 0 spiro atoms. The van der Waals surface area contributed by atoms with E-state index >= 15 is 0 Å². The Labute approximate surface area is 118 Å². The first kappa shape index (κ1) is 16.6. The number of amides is 1. The van der Waals surface area contributed by atoms with Crippen molar-refractivity contribution in [3.05, 3.63) is 35.6 Å². The highest BCUT2D eigenvalue weighted by molar-refractivity contribution is 7.90. The summed E-state index contributed by atoms with van der Waals surface area (Å²) in [6.45, 7) is 0.0953. The van der Waals surface area contributed by atoms with Crippen molar-refractivity contribution >= 4 is 15.7 Å². The molecule has 0 aromatic heterocycles. The van der Waals surface area contributed by atoms with Gasteiger partial charge in [-0.15, -0.1) is 0 Å². The van der Waals surface area contributed by atoms with E-state index < -0.39 is 27.6 Å². The van der Waals surface area contributed by atoms with Crippen LogP contribution < -0.4 is 5.73 Å². The third-order valence-corrected chi connectivity index (χ3v) is 3.84. The second kappa shape index (κ2) is 6.81. The number of hydrogen-bond acceptors (Lipinski definition) is 4. The molecule has 0 bridgehead atoms. The smallest absolute Gasteiger partial charge is 0.239 e. The van der Waals surface area contributed by atoms with Crippen LogP contribution in [0.2, 0.25) is 0 Å². The van der Waals surface area contributed by atoms with E-state index in [2.05, 4.69) is 0 Å². The predicted octanol–water partition coefficient (Wildman–Crippen LogP) is 0.546. The average Bonchev–Trinajstić information content (AvgIpc) is 2.36. The van der Waals surface area contributed by atoms with Gasteiger partial charge in [-0.1, -0.05) is 18.2 Å². The van der Waals surface area contributed by atoms with Crippen molar-refractivity contribution < 1.29 is 17.6 Å². The minimum Gasteiger partial charge on any atom is -0.340 e. The quantitative estimate of drug-likeness (QED) is 0.832. The van der Waals surface area contributed by atoms with Crippen molar-refractivity contribution in [2.45, 2.75) is 19.0 Å². The Morgan fingerprint density at radius 3 is 2.55 bits per heavy atom. The number of hydrogen-bond donors (Lipinski definition) is 1. The van der Waals surface area contributed by atoms with E-state index in [1.54, 1.807) is 18.2 Å². The molecular formula is C13H19FN2O3S. The summed E-state index contributed by atoms with van der Waals surface area (Å²) in [5.74, 6) is -0.943. The highest BCUT2D eigenvalue weighted by Gasteiger charge is 2.20. The molecule has 0 fully saturated rings. The first-order valence-corrected chi connectivity index (χ1v) is 8.18.